The predicted octanol–water partition coefficient (Wildman–Crippen LogP) is 5.37. The van der Waals surface area contributed by atoms with Gasteiger partial charge in [0.2, 0.25) is 21.8 Å². The lowest BCUT2D eigenvalue weighted by Crippen LogP contribution is -2.51. The molecule has 3 rings (SSSR count). The molecule has 1 atom stereocenters. The van der Waals surface area contributed by atoms with Crippen molar-refractivity contribution in [3.63, 3.8) is 0 Å². The van der Waals surface area contributed by atoms with Crippen molar-refractivity contribution in [3.8, 4) is 0 Å². The number of anilines is 1. The van der Waals surface area contributed by atoms with Crippen molar-refractivity contribution in [3.05, 3.63) is 64.2 Å². The van der Waals surface area contributed by atoms with E-state index in [1.807, 2.05) is 57.2 Å². The second-order valence-electron chi connectivity index (χ2n) is 10.3. The summed E-state index contributed by atoms with van der Waals surface area (Å²) < 4.78 is 26.7. The monoisotopic (exact) mass is 561 g/mol. The van der Waals surface area contributed by atoms with Crippen molar-refractivity contribution in [2.24, 2.45) is 0 Å². The third-order valence-electron chi connectivity index (χ3n) is 7.17. The molecule has 2 aromatic rings. The Balaban J connectivity index is 1.79. The van der Waals surface area contributed by atoms with Gasteiger partial charge in [-0.2, -0.15) is 0 Å². The summed E-state index contributed by atoms with van der Waals surface area (Å²) in [7, 11) is -3.55. The summed E-state index contributed by atoms with van der Waals surface area (Å²) in [5, 5.41) is 3.68. The maximum atomic E-state index is 13.6. The number of nitrogens with zero attached hydrogens (tertiary/aromatic N) is 2. The van der Waals surface area contributed by atoms with E-state index in [0.29, 0.717) is 23.6 Å². The number of aryl methyl sites for hydroxylation is 2. The number of carbonyl (C=O) groups is 2. The van der Waals surface area contributed by atoms with Crippen LogP contribution in [-0.2, 0) is 26.2 Å². The van der Waals surface area contributed by atoms with Gasteiger partial charge in [-0.3, -0.25) is 13.9 Å². The summed E-state index contributed by atoms with van der Waals surface area (Å²) in [6, 6.07) is 12.5. The van der Waals surface area contributed by atoms with E-state index >= 15 is 0 Å². The SMILES string of the molecule is CC[C@H](C(=O)NC1CCCC1)N(Cc1ccccc1Cl)C(=O)CCCN(c1cc(C)ccc1C)S(C)(=O)=O. The fraction of sp³-hybridized carbons (Fsp3) is 0.517. The van der Waals surface area contributed by atoms with E-state index in [1.54, 1.807) is 11.0 Å². The number of halogens is 1. The third kappa shape index (κ3) is 7.96. The zero-order valence-corrected chi connectivity index (χ0v) is 24.4. The topological polar surface area (TPSA) is 86.8 Å². The number of amides is 2. The molecule has 2 aromatic carbocycles. The van der Waals surface area contributed by atoms with Crippen LogP contribution in [0.25, 0.3) is 0 Å². The second-order valence-corrected chi connectivity index (χ2v) is 12.6. The summed E-state index contributed by atoms with van der Waals surface area (Å²) in [6.45, 7) is 6.07. The van der Waals surface area contributed by atoms with Gasteiger partial charge in [-0.25, -0.2) is 8.42 Å². The Kier molecular flexibility index (Phi) is 10.6. The van der Waals surface area contributed by atoms with Crippen LogP contribution in [0.1, 0.15) is 68.6 Å². The number of carbonyl (C=O) groups excluding carboxylic acids is 2. The molecule has 1 fully saturated rings. The first-order valence-electron chi connectivity index (χ1n) is 13.4. The van der Waals surface area contributed by atoms with Crippen molar-refractivity contribution in [1.82, 2.24) is 10.2 Å². The molecular weight excluding hydrogens is 522 g/mol. The molecule has 38 heavy (non-hydrogen) atoms. The first-order valence-corrected chi connectivity index (χ1v) is 15.6. The Labute approximate surface area is 232 Å². The zero-order valence-electron chi connectivity index (χ0n) is 22.9. The molecule has 0 bridgehead atoms. The molecule has 1 aliphatic rings. The number of hydrogen-bond donors (Lipinski definition) is 1. The van der Waals surface area contributed by atoms with Crippen LogP contribution in [0.3, 0.4) is 0 Å². The molecule has 1 N–H and O–H groups in total. The summed E-state index contributed by atoms with van der Waals surface area (Å²) in [4.78, 5) is 28.5. The van der Waals surface area contributed by atoms with E-state index in [-0.39, 0.29) is 37.4 Å². The van der Waals surface area contributed by atoms with Gasteiger partial charge in [-0.1, -0.05) is 61.7 Å². The molecule has 0 unspecified atom stereocenters. The lowest BCUT2D eigenvalue weighted by molar-refractivity contribution is -0.141. The second kappa shape index (κ2) is 13.5. The molecule has 0 heterocycles. The molecular formula is C29H40ClN3O4S. The van der Waals surface area contributed by atoms with Crippen molar-refractivity contribution in [1.29, 1.82) is 0 Å². The van der Waals surface area contributed by atoms with Gasteiger partial charge in [-0.05, 0) is 68.4 Å². The van der Waals surface area contributed by atoms with Gasteiger partial charge in [0.25, 0.3) is 0 Å². The summed E-state index contributed by atoms with van der Waals surface area (Å²) in [5.41, 5.74) is 3.20. The van der Waals surface area contributed by atoms with Gasteiger partial charge in [-0.15, -0.1) is 0 Å². The fourth-order valence-corrected chi connectivity index (χ4v) is 6.28. The van der Waals surface area contributed by atoms with Gasteiger partial charge in [0, 0.05) is 30.6 Å². The highest BCUT2D eigenvalue weighted by atomic mass is 35.5. The van der Waals surface area contributed by atoms with E-state index in [1.165, 1.54) is 10.6 Å². The Morgan fingerprint density at radius 1 is 1.11 bits per heavy atom. The van der Waals surface area contributed by atoms with Crippen molar-refractivity contribution >= 4 is 39.1 Å². The average Bonchev–Trinajstić information content (AvgIpc) is 3.36. The normalized spacial score (nSPS) is 14.8. The lowest BCUT2D eigenvalue weighted by atomic mass is 10.1. The first kappa shape index (κ1) is 30.0. The van der Waals surface area contributed by atoms with Gasteiger partial charge in [0.05, 0.1) is 11.9 Å². The van der Waals surface area contributed by atoms with Crippen LogP contribution in [0.4, 0.5) is 5.69 Å². The molecule has 208 valence electrons. The van der Waals surface area contributed by atoms with E-state index < -0.39 is 16.1 Å². The smallest absolute Gasteiger partial charge is 0.243 e. The van der Waals surface area contributed by atoms with Crippen LogP contribution in [0.5, 0.6) is 0 Å². The minimum absolute atomic E-state index is 0.106. The van der Waals surface area contributed by atoms with Crippen LogP contribution >= 0.6 is 11.6 Å². The molecule has 0 saturated heterocycles. The minimum Gasteiger partial charge on any atom is -0.352 e. The van der Waals surface area contributed by atoms with Crippen LogP contribution in [0.15, 0.2) is 42.5 Å². The number of hydrogen-bond acceptors (Lipinski definition) is 4. The molecule has 0 spiro atoms. The molecule has 0 aromatic heterocycles. The summed E-state index contributed by atoms with van der Waals surface area (Å²) in [5.74, 6) is -0.347. The predicted molar refractivity (Wildman–Crippen MR) is 154 cm³/mol. The zero-order chi connectivity index (χ0) is 27.9. The van der Waals surface area contributed by atoms with Gasteiger partial charge >= 0.3 is 0 Å². The van der Waals surface area contributed by atoms with E-state index in [2.05, 4.69) is 5.32 Å². The van der Waals surface area contributed by atoms with Crippen LogP contribution < -0.4 is 9.62 Å². The molecule has 9 heteroatoms. The Bertz CT molecular complexity index is 1230. The van der Waals surface area contributed by atoms with Crippen molar-refractivity contribution in [2.45, 2.75) is 84.3 Å². The van der Waals surface area contributed by atoms with Gasteiger partial charge in [0.1, 0.15) is 6.04 Å². The number of rotatable bonds is 12. The highest BCUT2D eigenvalue weighted by Gasteiger charge is 2.31. The molecule has 0 aliphatic heterocycles. The van der Waals surface area contributed by atoms with E-state index in [0.717, 1.165) is 42.4 Å². The third-order valence-corrected chi connectivity index (χ3v) is 8.72. The maximum Gasteiger partial charge on any atom is 0.243 e. The standard InChI is InChI=1S/C29H40ClN3O4S/c1-5-26(29(35)31-24-12-7-8-13-24)32(20-23-11-6-9-14-25(23)30)28(34)15-10-18-33(38(4,36)37)27-19-21(2)16-17-22(27)3/h6,9,11,14,16-17,19,24,26H,5,7-8,10,12-13,15,18,20H2,1-4H3,(H,31,35)/t26-/m1/s1. The van der Waals surface area contributed by atoms with Crippen molar-refractivity contribution in [2.75, 3.05) is 17.1 Å². The molecule has 1 aliphatic carbocycles. The minimum atomic E-state index is -3.55. The lowest BCUT2D eigenvalue weighted by Gasteiger charge is -2.32. The molecule has 7 nitrogen and oxygen atoms in total. The highest BCUT2D eigenvalue weighted by molar-refractivity contribution is 7.92. The van der Waals surface area contributed by atoms with E-state index in [4.69, 9.17) is 11.6 Å². The van der Waals surface area contributed by atoms with E-state index in [9.17, 15) is 18.0 Å². The molecule has 2 amide bonds. The molecule has 0 radical (unpaired) electrons. The average molecular weight is 562 g/mol. The number of sulfonamides is 1. The fourth-order valence-electron chi connectivity index (χ4n) is 5.07. The van der Waals surface area contributed by atoms with Crippen LogP contribution in [0, 0.1) is 13.8 Å². The molecule has 1 saturated carbocycles. The number of nitrogens with one attached hydrogen (secondary N) is 1. The summed E-state index contributed by atoms with van der Waals surface area (Å²) in [6.07, 6.45) is 6.18. The van der Waals surface area contributed by atoms with Gasteiger partial charge in [0.15, 0.2) is 0 Å². The van der Waals surface area contributed by atoms with Gasteiger partial charge < -0.3 is 10.2 Å². The largest absolute Gasteiger partial charge is 0.352 e. The number of benzene rings is 2. The van der Waals surface area contributed by atoms with Crippen LogP contribution in [0.2, 0.25) is 5.02 Å². The maximum absolute atomic E-state index is 13.6. The van der Waals surface area contributed by atoms with Crippen molar-refractivity contribution < 1.29 is 18.0 Å². The summed E-state index contributed by atoms with van der Waals surface area (Å²) >= 11 is 6.42. The Hall–Kier alpha value is -2.58. The quantitative estimate of drug-likeness (QED) is 0.377. The Morgan fingerprint density at radius 2 is 1.79 bits per heavy atom. The Morgan fingerprint density at radius 3 is 2.42 bits per heavy atom. The highest BCUT2D eigenvalue weighted by Crippen LogP contribution is 2.26. The first-order chi connectivity index (χ1) is 18.0. The van der Waals surface area contributed by atoms with Crippen LogP contribution in [-0.4, -0.2) is 50.0 Å².